The van der Waals surface area contributed by atoms with Crippen LogP contribution in [0.15, 0.2) is 24.3 Å². The number of amides is 2. The van der Waals surface area contributed by atoms with Crippen LogP contribution in [0.5, 0.6) is 5.75 Å². The van der Waals surface area contributed by atoms with Crippen molar-refractivity contribution in [2.24, 2.45) is 0 Å². The molecule has 0 saturated heterocycles. The molecule has 0 unspecified atom stereocenters. The number of nitriles is 1. The Morgan fingerprint density at radius 3 is 2.71 bits per heavy atom. The van der Waals surface area contributed by atoms with Crippen molar-refractivity contribution >= 4 is 11.7 Å². The molecule has 0 aliphatic heterocycles. The zero-order chi connectivity index (χ0) is 12.5. The molecule has 0 aromatic heterocycles. The van der Waals surface area contributed by atoms with Gasteiger partial charge in [-0.15, -0.1) is 0 Å². The number of carbonyl (C=O) groups is 1. The minimum atomic E-state index is -0.384. The number of hydrogen-bond acceptors (Lipinski definition) is 4. The first kappa shape index (κ1) is 12.8. The van der Waals surface area contributed by atoms with Crippen LogP contribution in [0.4, 0.5) is 10.5 Å². The Morgan fingerprint density at radius 1 is 1.41 bits per heavy atom. The van der Waals surface area contributed by atoms with E-state index in [-0.39, 0.29) is 25.8 Å². The largest absolute Gasteiger partial charge is 0.479 e. The van der Waals surface area contributed by atoms with E-state index in [2.05, 4.69) is 10.6 Å². The predicted octanol–water partition coefficient (Wildman–Crippen LogP) is 0.703. The summed E-state index contributed by atoms with van der Waals surface area (Å²) in [5.74, 6) is 0.563. The van der Waals surface area contributed by atoms with Crippen LogP contribution in [0.2, 0.25) is 0 Å². The van der Waals surface area contributed by atoms with Crippen LogP contribution in [0.3, 0.4) is 0 Å². The van der Waals surface area contributed by atoms with Gasteiger partial charge in [0, 0.05) is 12.2 Å². The molecule has 0 aliphatic rings. The average molecular weight is 235 g/mol. The molecule has 0 atom stereocenters. The third-order valence-electron chi connectivity index (χ3n) is 1.81. The molecule has 2 amide bonds. The maximum absolute atomic E-state index is 11.2. The highest BCUT2D eigenvalue weighted by Gasteiger charge is 2.00. The van der Waals surface area contributed by atoms with Gasteiger partial charge in [0.1, 0.15) is 11.8 Å². The Labute approximate surface area is 98.8 Å². The normalized spacial score (nSPS) is 9.18. The molecule has 0 aliphatic carbocycles. The van der Waals surface area contributed by atoms with Gasteiger partial charge in [-0.2, -0.15) is 5.26 Å². The van der Waals surface area contributed by atoms with Crippen LogP contribution in [0.1, 0.15) is 0 Å². The fourth-order valence-corrected chi connectivity index (χ4v) is 1.09. The number of aliphatic hydroxyl groups excluding tert-OH is 1. The minimum Gasteiger partial charge on any atom is -0.479 e. The first-order chi connectivity index (χ1) is 8.26. The summed E-state index contributed by atoms with van der Waals surface area (Å²) in [6, 6.07) is 8.10. The van der Waals surface area contributed by atoms with Gasteiger partial charge in [-0.1, -0.05) is 0 Å². The van der Waals surface area contributed by atoms with Crippen LogP contribution in [0.25, 0.3) is 0 Å². The Bertz CT molecular complexity index is 397. The number of nitrogens with one attached hydrogen (secondary N) is 2. The minimum absolute atomic E-state index is 0.0102. The monoisotopic (exact) mass is 235 g/mol. The molecule has 17 heavy (non-hydrogen) atoms. The number of anilines is 1. The zero-order valence-electron chi connectivity index (χ0n) is 9.14. The van der Waals surface area contributed by atoms with Gasteiger partial charge in [-0.3, -0.25) is 0 Å². The zero-order valence-corrected chi connectivity index (χ0v) is 9.14. The molecule has 0 radical (unpaired) electrons. The van der Waals surface area contributed by atoms with E-state index in [9.17, 15) is 4.79 Å². The van der Waals surface area contributed by atoms with Crippen LogP contribution >= 0.6 is 0 Å². The molecule has 0 bridgehead atoms. The summed E-state index contributed by atoms with van der Waals surface area (Å²) in [5, 5.41) is 21.9. The molecular weight excluding hydrogens is 222 g/mol. The lowest BCUT2D eigenvalue weighted by Gasteiger charge is -2.07. The van der Waals surface area contributed by atoms with E-state index >= 15 is 0 Å². The molecule has 3 N–H and O–H groups in total. The number of benzene rings is 1. The standard InChI is InChI=1S/C11H13N3O3/c12-5-8-17-10-3-1-9(2-4-10)14-11(16)13-6-7-15/h1-4,15H,6-8H2,(H2,13,14,16). The molecule has 0 fully saturated rings. The molecule has 6 heteroatoms. The third kappa shape index (κ3) is 4.86. The first-order valence-electron chi connectivity index (χ1n) is 5.02. The topological polar surface area (TPSA) is 94.4 Å². The molecule has 0 saturated carbocycles. The van der Waals surface area contributed by atoms with Crippen molar-refractivity contribution in [2.45, 2.75) is 0 Å². The Balaban J connectivity index is 2.45. The second-order valence-electron chi connectivity index (χ2n) is 3.08. The van der Waals surface area contributed by atoms with E-state index < -0.39 is 0 Å². The van der Waals surface area contributed by atoms with Gasteiger partial charge >= 0.3 is 6.03 Å². The molecule has 6 nitrogen and oxygen atoms in total. The molecule has 1 aromatic rings. The summed E-state index contributed by atoms with van der Waals surface area (Å²) < 4.78 is 5.06. The van der Waals surface area contributed by atoms with Crippen molar-refractivity contribution in [1.29, 1.82) is 5.26 Å². The molecule has 90 valence electrons. The quantitative estimate of drug-likeness (QED) is 0.700. The first-order valence-corrected chi connectivity index (χ1v) is 5.02. The fourth-order valence-electron chi connectivity index (χ4n) is 1.09. The van der Waals surface area contributed by atoms with E-state index in [0.29, 0.717) is 11.4 Å². The summed E-state index contributed by atoms with van der Waals surface area (Å²) in [6.07, 6.45) is 0. The Kier molecular flexibility index (Phi) is 5.34. The summed E-state index contributed by atoms with van der Waals surface area (Å²) in [7, 11) is 0. The maximum atomic E-state index is 11.2. The van der Waals surface area contributed by atoms with Crippen molar-refractivity contribution in [3.8, 4) is 11.8 Å². The van der Waals surface area contributed by atoms with Gasteiger partial charge in [-0.25, -0.2) is 4.79 Å². The van der Waals surface area contributed by atoms with Gasteiger partial charge < -0.3 is 20.5 Å². The summed E-state index contributed by atoms with van der Waals surface area (Å²) in [4.78, 5) is 11.2. The highest BCUT2D eigenvalue weighted by molar-refractivity contribution is 5.89. The van der Waals surface area contributed by atoms with Gasteiger partial charge in [0.05, 0.1) is 6.61 Å². The van der Waals surface area contributed by atoms with E-state index in [4.69, 9.17) is 15.1 Å². The van der Waals surface area contributed by atoms with Crippen LogP contribution < -0.4 is 15.4 Å². The molecule has 1 aromatic carbocycles. The van der Waals surface area contributed by atoms with E-state index in [1.807, 2.05) is 6.07 Å². The fraction of sp³-hybridized carbons (Fsp3) is 0.273. The average Bonchev–Trinajstić information content (AvgIpc) is 2.35. The highest BCUT2D eigenvalue weighted by atomic mass is 16.5. The lowest BCUT2D eigenvalue weighted by molar-refractivity contribution is 0.245. The van der Waals surface area contributed by atoms with Crippen LogP contribution in [-0.2, 0) is 0 Å². The molecular formula is C11H13N3O3. The van der Waals surface area contributed by atoms with Gasteiger partial charge in [0.15, 0.2) is 6.61 Å². The van der Waals surface area contributed by atoms with E-state index in [1.54, 1.807) is 24.3 Å². The lowest BCUT2D eigenvalue weighted by atomic mass is 10.3. The van der Waals surface area contributed by atoms with Crippen molar-refractivity contribution in [1.82, 2.24) is 5.32 Å². The summed E-state index contributed by atoms with van der Waals surface area (Å²) in [5.41, 5.74) is 0.602. The van der Waals surface area contributed by atoms with E-state index in [1.165, 1.54) is 0 Å². The van der Waals surface area contributed by atoms with Crippen molar-refractivity contribution in [2.75, 3.05) is 25.1 Å². The summed E-state index contributed by atoms with van der Waals surface area (Å²) in [6.45, 7) is 0.0906. The molecule has 0 heterocycles. The number of carbonyl (C=O) groups excluding carboxylic acids is 1. The number of nitrogens with zero attached hydrogens (tertiary/aromatic N) is 1. The maximum Gasteiger partial charge on any atom is 0.319 e. The number of urea groups is 1. The van der Waals surface area contributed by atoms with Crippen LogP contribution in [-0.4, -0.2) is 30.9 Å². The molecule has 1 rings (SSSR count). The SMILES string of the molecule is N#CCOc1ccc(NC(=O)NCCO)cc1. The highest BCUT2D eigenvalue weighted by Crippen LogP contribution is 2.15. The summed E-state index contributed by atoms with van der Waals surface area (Å²) >= 11 is 0. The van der Waals surface area contributed by atoms with E-state index in [0.717, 1.165) is 0 Å². The number of hydrogen-bond donors (Lipinski definition) is 3. The number of aliphatic hydroxyl groups is 1. The van der Waals surface area contributed by atoms with Gasteiger partial charge in [0.2, 0.25) is 0 Å². The Morgan fingerprint density at radius 2 is 2.12 bits per heavy atom. The van der Waals surface area contributed by atoms with Crippen molar-refractivity contribution in [3.05, 3.63) is 24.3 Å². The van der Waals surface area contributed by atoms with Crippen LogP contribution in [0, 0.1) is 11.3 Å². The lowest BCUT2D eigenvalue weighted by Crippen LogP contribution is -2.30. The second-order valence-corrected chi connectivity index (χ2v) is 3.08. The van der Waals surface area contributed by atoms with Gasteiger partial charge in [-0.05, 0) is 24.3 Å². The number of rotatable bonds is 5. The number of ether oxygens (including phenoxy) is 1. The Hall–Kier alpha value is -2.26. The second kappa shape index (κ2) is 7.09. The van der Waals surface area contributed by atoms with Gasteiger partial charge in [0.25, 0.3) is 0 Å². The predicted molar refractivity (Wildman–Crippen MR) is 61.7 cm³/mol. The van der Waals surface area contributed by atoms with Crippen molar-refractivity contribution < 1.29 is 14.6 Å². The molecule has 0 spiro atoms. The van der Waals surface area contributed by atoms with Crippen molar-refractivity contribution in [3.63, 3.8) is 0 Å². The smallest absolute Gasteiger partial charge is 0.319 e. The third-order valence-corrected chi connectivity index (χ3v) is 1.81.